The quantitative estimate of drug-likeness (QED) is 0.372. The standard InChI is InChI=1S/C5H7IO4/c6-2-1-5(9)10-3-4(7)8/h1-3H2,(H,7,8)/p-1. The number of hydrogen-bond acceptors (Lipinski definition) is 4. The molecule has 0 aromatic heterocycles. The summed E-state index contributed by atoms with van der Waals surface area (Å²) in [5.41, 5.74) is 0. The molecule has 0 aromatic carbocycles. The Hall–Kier alpha value is -0.330. The number of carbonyl (C=O) groups is 2. The van der Waals surface area contributed by atoms with E-state index < -0.39 is 18.5 Å². The van der Waals surface area contributed by atoms with E-state index in [1.807, 2.05) is 22.6 Å². The molecule has 0 radical (unpaired) electrons. The molecule has 0 saturated carbocycles. The SMILES string of the molecule is O=C([O-])COC(=O)CCI. The Bertz CT molecular complexity index is 134. The highest BCUT2D eigenvalue weighted by Crippen LogP contribution is 1.90. The molecule has 0 aliphatic heterocycles. The van der Waals surface area contributed by atoms with E-state index in [-0.39, 0.29) is 6.42 Å². The molecule has 0 atom stereocenters. The van der Waals surface area contributed by atoms with Gasteiger partial charge in [0.05, 0.1) is 12.4 Å². The first-order valence-electron chi connectivity index (χ1n) is 2.58. The summed E-state index contributed by atoms with van der Waals surface area (Å²) >= 11 is 2.00. The van der Waals surface area contributed by atoms with Gasteiger partial charge in [-0.15, -0.1) is 0 Å². The van der Waals surface area contributed by atoms with Crippen LogP contribution in [0.3, 0.4) is 0 Å². The fourth-order valence-electron chi connectivity index (χ4n) is 0.289. The van der Waals surface area contributed by atoms with Crippen LogP contribution in [0, 0.1) is 0 Å². The lowest BCUT2D eigenvalue weighted by molar-refractivity contribution is -0.308. The average Bonchev–Trinajstić information content (AvgIpc) is 1.85. The molecular weight excluding hydrogens is 251 g/mol. The van der Waals surface area contributed by atoms with E-state index in [0.29, 0.717) is 4.43 Å². The van der Waals surface area contributed by atoms with Gasteiger partial charge in [0.1, 0.15) is 6.61 Å². The Morgan fingerprint density at radius 2 is 2.10 bits per heavy atom. The molecule has 0 unspecified atom stereocenters. The van der Waals surface area contributed by atoms with E-state index in [1.54, 1.807) is 0 Å². The van der Waals surface area contributed by atoms with Crippen molar-refractivity contribution in [2.24, 2.45) is 0 Å². The Labute approximate surface area is 71.7 Å². The van der Waals surface area contributed by atoms with Gasteiger partial charge in [-0.05, 0) is 0 Å². The third kappa shape index (κ3) is 5.80. The first kappa shape index (κ1) is 9.67. The van der Waals surface area contributed by atoms with E-state index in [1.165, 1.54) is 0 Å². The van der Waals surface area contributed by atoms with E-state index in [0.717, 1.165) is 0 Å². The summed E-state index contributed by atoms with van der Waals surface area (Å²) in [6, 6.07) is 0. The normalized spacial score (nSPS) is 8.90. The molecule has 0 rings (SSSR count). The van der Waals surface area contributed by atoms with Crippen LogP contribution < -0.4 is 5.11 Å². The molecule has 0 bridgehead atoms. The molecule has 0 spiro atoms. The van der Waals surface area contributed by atoms with Crippen LogP contribution in [0.4, 0.5) is 0 Å². The van der Waals surface area contributed by atoms with Crippen molar-refractivity contribution in [1.29, 1.82) is 0 Å². The third-order valence-corrected chi connectivity index (χ3v) is 1.19. The first-order valence-corrected chi connectivity index (χ1v) is 4.11. The van der Waals surface area contributed by atoms with Crippen LogP contribution in [0.15, 0.2) is 0 Å². The van der Waals surface area contributed by atoms with Gasteiger partial charge in [-0.1, -0.05) is 22.6 Å². The smallest absolute Gasteiger partial charge is 0.306 e. The Morgan fingerprint density at radius 3 is 2.50 bits per heavy atom. The van der Waals surface area contributed by atoms with Crippen LogP contribution in [-0.4, -0.2) is 23.0 Å². The molecule has 0 aliphatic rings. The van der Waals surface area contributed by atoms with Gasteiger partial charge in [0.15, 0.2) is 0 Å². The molecule has 0 fully saturated rings. The molecule has 58 valence electrons. The van der Waals surface area contributed by atoms with Gasteiger partial charge in [0.25, 0.3) is 0 Å². The lowest BCUT2D eigenvalue weighted by Crippen LogP contribution is -2.28. The van der Waals surface area contributed by atoms with Crippen molar-refractivity contribution in [2.75, 3.05) is 11.0 Å². The second-order valence-electron chi connectivity index (χ2n) is 1.47. The molecule has 0 amide bonds. The first-order chi connectivity index (χ1) is 4.66. The van der Waals surface area contributed by atoms with Crippen LogP contribution in [0.5, 0.6) is 0 Å². The number of ether oxygens (including phenoxy) is 1. The molecule has 4 nitrogen and oxygen atoms in total. The zero-order valence-electron chi connectivity index (χ0n) is 5.13. The molecule has 0 saturated heterocycles. The minimum absolute atomic E-state index is 0.244. The highest BCUT2D eigenvalue weighted by molar-refractivity contribution is 14.1. The maximum atomic E-state index is 10.4. The molecule has 10 heavy (non-hydrogen) atoms. The van der Waals surface area contributed by atoms with Crippen molar-refractivity contribution in [1.82, 2.24) is 0 Å². The van der Waals surface area contributed by atoms with Gasteiger partial charge in [-0.25, -0.2) is 0 Å². The number of alkyl halides is 1. The predicted molar refractivity (Wildman–Crippen MR) is 39.5 cm³/mol. The molecule has 0 heterocycles. The summed E-state index contributed by atoms with van der Waals surface area (Å²) in [5, 5.41) is 9.72. The van der Waals surface area contributed by atoms with Crippen LogP contribution in [0.1, 0.15) is 6.42 Å². The van der Waals surface area contributed by atoms with Crippen LogP contribution in [0.25, 0.3) is 0 Å². The van der Waals surface area contributed by atoms with E-state index in [9.17, 15) is 14.7 Å². The lowest BCUT2D eigenvalue weighted by atomic mass is 10.5. The highest BCUT2D eigenvalue weighted by Gasteiger charge is 1.99. The number of carbonyl (C=O) groups excluding carboxylic acids is 2. The van der Waals surface area contributed by atoms with Crippen molar-refractivity contribution >= 4 is 34.5 Å². The third-order valence-electron chi connectivity index (χ3n) is 0.650. The average molecular weight is 257 g/mol. The zero-order valence-corrected chi connectivity index (χ0v) is 7.29. The fourth-order valence-corrected chi connectivity index (χ4v) is 0.729. The second kappa shape index (κ2) is 5.45. The predicted octanol–water partition coefficient (Wildman–Crippen LogP) is -0.895. The monoisotopic (exact) mass is 257 g/mol. The molecule has 0 N–H and O–H groups in total. The van der Waals surface area contributed by atoms with Crippen LogP contribution in [-0.2, 0) is 14.3 Å². The largest absolute Gasteiger partial charge is 0.546 e. The number of aliphatic carboxylic acids is 1. The number of carboxylic acids is 1. The highest BCUT2D eigenvalue weighted by atomic mass is 127. The van der Waals surface area contributed by atoms with Crippen LogP contribution in [0.2, 0.25) is 0 Å². The van der Waals surface area contributed by atoms with Crippen LogP contribution >= 0.6 is 22.6 Å². The summed E-state index contributed by atoms with van der Waals surface area (Å²) in [7, 11) is 0. The van der Waals surface area contributed by atoms with E-state index in [2.05, 4.69) is 4.74 Å². The molecule has 0 aromatic rings. The number of rotatable bonds is 4. The van der Waals surface area contributed by atoms with Gasteiger partial charge in [-0.3, -0.25) is 4.79 Å². The second-order valence-corrected chi connectivity index (χ2v) is 2.55. The maximum Gasteiger partial charge on any atom is 0.306 e. The van der Waals surface area contributed by atoms with E-state index >= 15 is 0 Å². The minimum atomic E-state index is -1.37. The van der Waals surface area contributed by atoms with Gasteiger partial charge in [0.2, 0.25) is 0 Å². The Morgan fingerprint density at radius 1 is 1.50 bits per heavy atom. The minimum Gasteiger partial charge on any atom is -0.546 e. The lowest BCUT2D eigenvalue weighted by Gasteiger charge is -2.02. The topological polar surface area (TPSA) is 66.4 Å². The van der Waals surface area contributed by atoms with Crippen molar-refractivity contribution < 1.29 is 19.4 Å². The number of esters is 1. The number of carboxylic acid groups (broad SMARTS) is 1. The summed E-state index contributed by atoms with van der Waals surface area (Å²) < 4.78 is 4.87. The van der Waals surface area contributed by atoms with Crippen molar-refractivity contribution in [3.05, 3.63) is 0 Å². The molecular formula is C5H6IO4-. The molecule has 0 aliphatic carbocycles. The van der Waals surface area contributed by atoms with Gasteiger partial charge in [-0.2, -0.15) is 0 Å². The summed E-state index contributed by atoms with van der Waals surface area (Å²) in [4.78, 5) is 20.1. The Kier molecular flexibility index (Phi) is 5.27. The van der Waals surface area contributed by atoms with Crippen molar-refractivity contribution in [2.45, 2.75) is 6.42 Å². The van der Waals surface area contributed by atoms with Gasteiger partial charge >= 0.3 is 5.97 Å². The van der Waals surface area contributed by atoms with Gasteiger partial charge < -0.3 is 14.6 Å². The summed E-state index contributed by atoms with van der Waals surface area (Å²) in [6.45, 7) is -0.643. The zero-order chi connectivity index (χ0) is 7.98. The molecule has 5 heteroatoms. The van der Waals surface area contributed by atoms with E-state index in [4.69, 9.17) is 0 Å². The number of hydrogen-bond donors (Lipinski definition) is 0. The number of halogens is 1. The summed E-state index contributed by atoms with van der Waals surface area (Å²) in [5.74, 6) is -1.87. The fraction of sp³-hybridized carbons (Fsp3) is 0.600. The van der Waals surface area contributed by atoms with Crippen molar-refractivity contribution in [3.8, 4) is 0 Å². The Balaban J connectivity index is 3.30. The van der Waals surface area contributed by atoms with Gasteiger partial charge in [0, 0.05) is 4.43 Å². The van der Waals surface area contributed by atoms with Crippen molar-refractivity contribution in [3.63, 3.8) is 0 Å². The summed E-state index contributed by atoms with van der Waals surface area (Å²) in [6.07, 6.45) is 0.244. The maximum absolute atomic E-state index is 10.4.